The van der Waals surface area contributed by atoms with Crippen LogP contribution in [-0.2, 0) is 9.53 Å². The Bertz CT molecular complexity index is 224. The Morgan fingerprint density at radius 2 is 2.06 bits per heavy atom. The van der Waals surface area contributed by atoms with E-state index in [2.05, 4.69) is 5.32 Å². The highest BCUT2D eigenvalue weighted by Gasteiger charge is 2.13. The number of nitrogens with one attached hydrogen (secondary N) is 1. The van der Waals surface area contributed by atoms with Crippen molar-refractivity contribution >= 4 is 23.5 Å². The first-order valence-electron chi connectivity index (χ1n) is 5.38. The van der Waals surface area contributed by atoms with Crippen molar-refractivity contribution in [3.05, 3.63) is 0 Å². The van der Waals surface area contributed by atoms with Crippen LogP contribution in [-0.4, -0.2) is 49.0 Å². The molecule has 0 atom stereocenters. The van der Waals surface area contributed by atoms with Crippen molar-refractivity contribution in [1.29, 1.82) is 0 Å². The van der Waals surface area contributed by atoms with E-state index >= 15 is 0 Å². The number of alkyl halides is 1. The molecule has 0 rings (SSSR count). The number of carbonyl (C=O) groups is 2. The van der Waals surface area contributed by atoms with Crippen LogP contribution in [0.25, 0.3) is 0 Å². The van der Waals surface area contributed by atoms with Gasteiger partial charge >= 0.3 is 6.03 Å². The Kier molecular flexibility index (Phi) is 8.94. The Hall–Kier alpha value is -0.810. The summed E-state index contributed by atoms with van der Waals surface area (Å²) in [6.07, 6.45) is 0.149. The van der Waals surface area contributed by atoms with Gasteiger partial charge in [-0.1, -0.05) is 0 Å². The van der Waals surface area contributed by atoms with E-state index in [-0.39, 0.29) is 18.2 Å². The maximum absolute atomic E-state index is 11.5. The molecule has 94 valence electrons. The minimum atomic E-state index is -0.391. The monoisotopic (exact) mass is 250 g/mol. The molecule has 0 radical (unpaired) electrons. The third-order valence-electron chi connectivity index (χ3n) is 1.95. The average Bonchev–Trinajstić information content (AvgIpc) is 2.24. The molecule has 16 heavy (non-hydrogen) atoms. The number of hydrogen-bond acceptors (Lipinski definition) is 3. The van der Waals surface area contributed by atoms with Crippen LogP contribution in [0.15, 0.2) is 0 Å². The van der Waals surface area contributed by atoms with Crippen LogP contribution < -0.4 is 5.32 Å². The minimum Gasteiger partial charge on any atom is -0.380 e. The predicted molar refractivity (Wildman–Crippen MR) is 62.6 cm³/mol. The van der Waals surface area contributed by atoms with Crippen molar-refractivity contribution in [2.24, 2.45) is 0 Å². The molecule has 0 aromatic heterocycles. The van der Waals surface area contributed by atoms with Crippen LogP contribution in [0.4, 0.5) is 4.79 Å². The van der Waals surface area contributed by atoms with Crippen molar-refractivity contribution < 1.29 is 14.3 Å². The number of halogens is 1. The molecular formula is C10H19ClN2O3. The topological polar surface area (TPSA) is 58.6 Å². The smallest absolute Gasteiger partial charge is 0.324 e. The molecule has 0 saturated carbocycles. The van der Waals surface area contributed by atoms with E-state index in [1.54, 1.807) is 0 Å². The summed E-state index contributed by atoms with van der Waals surface area (Å²) in [4.78, 5) is 24.2. The summed E-state index contributed by atoms with van der Waals surface area (Å²) in [7, 11) is 0. The Morgan fingerprint density at radius 1 is 1.38 bits per heavy atom. The maximum Gasteiger partial charge on any atom is 0.324 e. The van der Waals surface area contributed by atoms with Crippen LogP contribution in [0.5, 0.6) is 0 Å². The predicted octanol–water partition coefficient (Wildman–Crippen LogP) is 1.21. The Morgan fingerprint density at radius 3 is 2.56 bits per heavy atom. The van der Waals surface area contributed by atoms with Crippen molar-refractivity contribution in [1.82, 2.24) is 10.2 Å². The zero-order valence-electron chi connectivity index (χ0n) is 9.79. The summed E-state index contributed by atoms with van der Waals surface area (Å²) in [5.41, 5.74) is 0. The van der Waals surface area contributed by atoms with E-state index in [9.17, 15) is 9.59 Å². The number of amides is 3. The highest BCUT2D eigenvalue weighted by atomic mass is 35.5. The lowest BCUT2D eigenvalue weighted by atomic mass is 10.4. The molecule has 1 N–H and O–H groups in total. The second-order valence-electron chi connectivity index (χ2n) is 3.07. The van der Waals surface area contributed by atoms with E-state index in [4.69, 9.17) is 16.3 Å². The van der Waals surface area contributed by atoms with Crippen molar-refractivity contribution in [2.45, 2.75) is 20.3 Å². The van der Waals surface area contributed by atoms with Gasteiger partial charge in [0.15, 0.2) is 0 Å². The average molecular weight is 251 g/mol. The molecule has 0 aromatic carbocycles. The standard InChI is InChI=1S/C10H19ClN2O3/c1-3-13(7-8-16-4-2)10(15)12-9(14)5-6-11/h3-8H2,1-2H3,(H,12,14,15). The highest BCUT2D eigenvalue weighted by molar-refractivity contribution is 6.19. The summed E-state index contributed by atoms with van der Waals surface area (Å²) in [5.74, 6) is -0.139. The lowest BCUT2D eigenvalue weighted by molar-refractivity contribution is -0.119. The first-order valence-corrected chi connectivity index (χ1v) is 5.91. The molecule has 0 spiro atoms. The van der Waals surface area contributed by atoms with E-state index in [1.165, 1.54) is 4.90 Å². The van der Waals surface area contributed by atoms with Crippen LogP contribution >= 0.6 is 11.6 Å². The highest BCUT2D eigenvalue weighted by Crippen LogP contribution is 1.92. The molecule has 3 amide bonds. The van der Waals surface area contributed by atoms with E-state index in [1.807, 2.05) is 13.8 Å². The second-order valence-corrected chi connectivity index (χ2v) is 3.45. The number of rotatable bonds is 7. The van der Waals surface area contributed by atoms with Gasteiger partial charge in [-0.2, -0.15) is 0 Å². The number of urea groups is 1. The molecular weight excluding hydrogens is 232 g/mol. The lowest BCUT2D eigenvalue weighted by Crippen LogP contribution is -2.44. The molecule has 0 aliphatic rings. The van der Waals surface area contributed by atoms with Crippen LogP contribution in [0, 0.1) is 0 Å². The van der Waals surface area contributed by atoms with Crippen molar-refractivity contribution in [3.63, 3.8) is 0 Å². The first kappa shape index (κ1) is 15.2. The van der Waals surface area contributed by atoms with Gasteiger partial charge in [-0.3, -0.25) is 10.1 Å². The Balaban J connectivity index is 3.95. The molecule has 0 aliphatic carbocycles. The molecule has 0 aliphatic heterocycles. The second kappa shape index (κ2) is 9.42. The third kappa shape index (κ3) is 6.63. The van der Waals surface area contributed by atoms with Gasteiger partial charge in [0.1, 0.15) is 0 Å². The van der Waals surface area contributed by atoms with Crippen molar-refractivity contribution in [3.8, 4) is 0 Å². The summed E-state index contributed by atoms with van der Waals surface area (Å²) in [5, 5.41) is 2.27. The van der Waals surface area contributed by atoms with Gasteiger partial charge < -0.3 is 9.64 Å². The van der Waals surface area contributed by atoms with Gasteiger partial charge in [0.2, 0.25) is 5.91 Å². The van der Waals surface area contributed by atoms with E-state index in [0.29, 0.717) is 26.3 Å². The zero-order valence-corrected chi connectivity index (χ0v) is 10.5. The van der Waals surface area contributed by atoms with Gasteiger partial charge in [-0.25, -0.2) is 4.79 Å². The first-order chi connectivity index (χ1) is 7.65. The largest absolute Gasteiger partial charge is 0.380 e. The number of likely N-dealkylation sites (N-methyl/N-ethyl adjacent to an activating group) is 1. The number of imide groups is 1. The molecule has 6 heteroatoms. The summed E-state index contributed by atoms with van der Waals surface area (Å²) >= 11 is 5.39. The fourth-order valence-corrected chi connectivity index (χ4v) is 1.24. The zero-order chi connectivity index (χ0) is 12.4. The van der Waals surface area contributed by atoms with Gasteiger partial charge in [-0.15, -0.1) is 11.6 Å². The Labute approximate surface area is 101 Å². The maximum atomic E-state index is 11.5. The molecule has 0 saturated heterocycles. The van der Waals surface area contributed by atoms with E-state index in [0.717, 1.165) is 0 Å². The fraction of sp³-hybridized carbons (Fsp3) is 0.800. The quantitative estimate of drug-likeness (QED) is 0.546. The van der Waals surface area contributed by atoms with Crippen molar-refractivity contribution in [2.75, 3.05) is 32.2 Å². The van der Waals surface area contributed by atoms with Crippen LogP contribution in [0.3, 0.4) is 0 Å². The molecule has 0 heterocycles. The normalized spacial score (nSPS) is 9.94. The van der Waals surface area contributed by atoms with Gasteiger partial charge in [-0.05, 0) is 13.8 Å². The lowest BCUT2D eigenvalue weighted by Gasteiger charge is -2.20. The van der Waals surface area contributed by atoms with Crippen LogP contribution in [0.2, 0.25) is 0 Å². The van der Waals surface area contributed by atoms with Crippen LogP contribution in [0.1, 0.15) is 20.3 Å². The van der Waals surface area contributed by atoms with E-state index < -0.39 is 6.03 Å². The number of ether oxygens (including phenoxy) is 1. The molecule has 5 nitrogen and oxygen atoms in total. The van der Waals surface area contributed by atoms with Gasteiger partial charge in [0.05, 0.1) is 6.61 Å². The number of carbonyl (C=O) groups excluding carboxylic acids is 2. The minimum absolute atomic E-state index is 0.149. The molecule has 0 bridgehead atoms. The SMILES string of the molecule is CCOCCN(CC)C(=O)NC(=O)CCCl. The summed E-state index contributed by atoms with van der Waals surface area (Å²) in [6.45, 7) is 5.83. The third-order valence-corrected chi connectivity index (χ3v) is 2.14. The molecule has 0 aromatic rings. The molecule has 0 fully saturated rings. The van der Waals surface area contributed by atoms with Gasteiger partial charge in [0, 0.05) is 32.0 Å². The fourth-order valence-electron chi connectivity index (χ4n) is 1.07. The summed E-state index contributed by atoms with van der Waals surface area (Å²) < 4.78 is 5.14. The molecule has 0 unspecified atom stereocenters. The summed E-state index contributed by atoms with van der Waals surface area (Å²) in [6, 6.07) is -0.391. The van der Waals surface area contributed by atoms with Gasteiger partial charge in [0.25, 0.3) is 0 Å². The number of nitrogens with zero attached hydrogens (tertiary/aromatic N) is 1. The number of hydrogen-bond donors (Lipinski definition) is 1.